The molecule has 2 N–H and O–H groups in total. The van der Waals surface area contributed by atoms with Crippen LogP contribution in [0.4, 0.5) is 0 Å². The molecule has 1 saturated carbocycles. The molecule has 0 aliphatic heterocycles. The normalized spacial score (nSPS) is 20.8. The number of rotatable bonds is 4. The number of aromatic amines is 1. The average molecular weight is 384 g/mol. The van der Waals surface area contributed by atoms with Crippen molar-refractivity contribution in [3.8, 4) is 0 Å². The molecule has 3 atom stereocenters. The first-order chi connectivity index (χ1) is 11.6. The van der Waals surface area contributed by atoms with E-state index < -0.39 is 0 Å². The Morgan fingerprint density at radius 1 is 1.29 bits per heavy atom. The van der Waals surface area contributed by atoms with Crippen LogP contribution in [0.25, 0.3) is 11.0 Å². The number of aromatic nitrogens is 2. The summed E-state index contributed by atoms with van der Waals surface area (Å²) < 4.78 is 1.06. The van der Waals surface area contributed by atoms with Crippen molar-refractivity contribution in [1.82, 2.24) is 15.3 Å². The maximum atomic E-state index is 12.5. The van der Waals surface area contributed by atoms with Gasteiger partial charge in [-0.2, -0.15) is 0 Å². The molecule has 1 heterocycles. The Kier molecular flexibility index (Phi) is 3.88. The SMILES string of the molecule is CC(NC(=O)C1CC1c1cccc(Br)c1)c1nc2ccccc2[nH]1. The Bertz CT molecular complexity index is 871. The number of para-hydroxylation sites is 2. The monoisotopic (exact) mass is 383 g/mol. The summed E-state index contributed by atoms with van der Waals surface area (Å²) in [4.78, 5) is 20.3. The Morgan fingerprint density at radius 3 is 2.92 bits per heavy atom. The van der Waals surface area contributed by atoms with Crippen molar-refractivity contribution in [3.63, 3.8) is 0 Å². The van der Waals surface area contributed by atoms with E-state index >= 15 is 0 Å². The van der Waals surface area contributed by atoms with Gasteiger partial charge in [0.1, 0.15) is 5.82 Å². The van der Waals surface area contributed by atoms with Gasteiger partial charge >= 0.3 is 0 Å². The first kappa shape index (κ1) is 15.4. The predicted octanol–water partition coefficient (Wildman–Crippen LogP) is 4.31. The van der Waals surface area contributed by atoms with Crippen LogP contribution in [0.1, 0.15) is 36.7 Å². The zero-order chi connectivity index (χ0) is 16.7. The highest BCUT2D eigenvalue weighted by molar-refractivity contribution is 9.10. The molecule has 0 spiro atoms. The molecular formula is C19H18BrN3O. The zero-order valence-corrected chi connectivity index (χ0v) is 14.9. The molecule has 0 saturated heterocycles. The molecule has 0 bridgehead atoms. The Hall–Kier alpha value is -2.14. The average Bonchev–Trinajstić information content (AvgIpc) is 3.26. The minimum absolute atomic E-state index is 0.0612. The fourth-order valence-corrected chi connectivity index (χ4v) is 3.57. The molecule has 24 heavy (non-hydrogen) atoms. The number of hydrogen-bond acceptors (Lipinski definition) is 2. The van der Waals surface area contributed by atoms with E-state index in [-0.39, 0.29) is 17.9 Å². The number of carbonyl (C=O) groups excluding carboxylic acids is 1. The van der Waals surface area contributed by atoms with Gasteiger partial charge in [-0.05, 0) is 49.1 Å². The summed E-state index contributed by atoms with van der Waals surface area (Å²) in [5.74, 6) is 1.29. The molecule has 3 aromatic rings. The number of imidazole rings is 1. The van der Waals surface area contributed by atoms with E-state index in [1.807, 2.05) is 43.3 Å². The van der Waals surface area contributed by atoms with E-state index in [1.165, 1.54) is 5.56 Å². The van der Waals surface area contributed by atoms with Crippen LogP contribution in [0, 0.1) is 5.92 Å². The molecular weight excluding hydrogens is 366 g/mol. The molecule has 2 aromatic carbocycles. The molecule has 3 unspecified atom stereocenters. The molecule has 1 fully saturated rings. The van der Waals surface area contributed by atoms with Crippen molar-refractivity contribution in [2.24, 2.45) is 5.92 Å². The lowest BCUT2D eigenvalue weighted by atomic mass is 10.1. The Labute approximate surface area is 148 Å². The van der Waals surface area contributed by atoms with E-state index in [4.69, 9.17) is 0 Å². The molecule has 1 aliphatic rings. The standard InChI is InChI=1S/C19H18BrN3O/c1-11(18-22-16-7-2-3-8-17(16)23-18)21-19(24)15-10-14(15)12-5-4-6-13(20)9-12/h2-9,11,14-15H,10H2,1H3,(H,21,24)(H,22,23). The lowest BCUT2D eigenvalue weighted by Crippen LogP contribution is -2.29. The van der Waals surface area contributed by atoms with Gasteiger partial charge in [-0.1, -0.05) is 40.2 Å². The second-order valence-corrected chi connectivity index (χ2v) is 7.29. The molecule has 4 nitrogen and oxygen atoms in total. The van der Waals surface area contributed by atoms with Gasteiger partial charge in [-0.15, -0.1) is 0 Å². The lowest BCUT2D eigenvalue weighted by Gasteiger charge is -2.11. The number of amides is 1. The molecule has 1 aromatic heterocycles. The highest BCUT2D eigenvalue weighted by Crippen LogP contribution is 2.48. The van der Waals surface area contributed by atoms with Crippen molar-refractivity contribution in [2.45, 2.75) is 25.3 Å². The van der Waals surface area contributed by atoms with Gasteiger partial charge in [0.05, 0.1) is 17.1 Å². The van der Waals surface area contributed by atoms with Crippen molar-refractivity contribution in [1.29, 1.82) is 0 Å². The van der Waals surface area contributed by atoms with Gasteiger partial charge in [0.15, 0.2) is 0 Å². The summed E-state index contributed by atoms with van der Waals surface area (Å²) in [6, 6.07) is 16.0. The highest BCUT2D eigenvalue weighted by atomic mass is 79.9. The molecule has 0 radical (unpaired) electrons. The van der Waals surface area contributed by atoms with Crippen LogP contribution >= 0.6 is 15.9 Å². The first-order valence-electron chi connectivity index (χ1n) is 8.12. The van der Waals surface area contributed by atoms with Crippen molar-refractivity contribution in [3.05, 3.63) is 64.4 Å². The van der Waals surface area contributed by atoms with Crippen molar-refractivity contribution in [2.75, 3.05) is 0 Å². The molecule has 122 valence electrons. The third kappa shape index (κ3) is 2.96. The fourth-order valence-electron chi connectivity index (χ4n) is 3.16. The summed E-state index contributed by atoms with van der Waals surface area (Å²) in [7, 11) is 0. The van der Waals surface area contributed by atoms with E-state index in [1.54, 1.807) is 0 Å². The van der Waals surface area contributed by atoms with Gasteiger partial charge in [-0.25, -0.2) is 4.98 Å². The molecule has 1 amide bonds. The second kappa shape index (κ2) is 6.06. The van der Waals surface area contributed by atoms with E-state index in [0.717, 1.165) is 27.8 Å². The first-order valence-corrected chi connectivity index (χ1v) is 8.91. The number of hydrogen-bond donors (Lipinski definition) is 2. The second-order valence-electron chi connectivity index (χ2n) is 6.37. The summed E-state index contributed by atoms with van der Waals surface area (Å²) in [5.41, 5.74) is 3.14. The van der Waals surface area contributed by atoms with E-state index in [0.29, 0.717) is 5.92 Å². The van der Waals surface area contributed by atoms with Crippen LogP contribution in [-0.2, 0) is 4.79 Å². The van der Waals surface area contributed by atoms with Crippen LogP contribution in [0.15, 0.2) is 53.0 Å². The summed E-state index contributed by atoms with van der Waals surface area (Å²) >= 11 is 3.49. The number of H-pyrrole nitrogens is 1. The fraction of sp³-hybridized carbons (Fsp3) is 0.263. The number of nitrogens with zero attached hydrogens (tertiary/aromatic N) is 1. The third-order valence-electron chi connectivity index (χ3n) is 4.58. The van der Waals surface area contributed by atoms with E-state index in [9.17, 15) is 4.79 Å². The lowest BCUT2D eigenvalue weighted by molar-refractivity contribution is -0.123. The quantitative estimate of drug-likeness (QED) is 0.705. The topological polar surface area (TPSA) is 57.8 Å². The summed E-state index contributed by atoms with van der Waals surface area (Å²) in [6.45, 7) is 1.96. The smallest absolute Gasteiger partial charge is 0.224 e. The van der Waals surface area contributed by atoms with Crippen LogP contribution in [0.5, 0.6) is 0 Å². The number of benzene rings is 2. The molecule has 5 heteroatoms. The molecule has 4 rings (SSSR count). The van der Waals surface area contributed by atoms with Crippen LogP contribution < -0.4 is 5.32 Å². The van der Waals surface area contributed by atoms with E-state index in [2.05, 4.69) is 43.3 Å². The van der Waals surface area contributed by atoms with Gasteiger partial charge < -0.3 is 10.3 Å². The van der Waals surface area contributed by atoms with Crippen LogP contribution in [-0.4, -0.2) is 15.9 Å². The minimum atomic E-state index is -0.131. The highest BCUT2D eigenvalue weighted by Gasteiger charge is 2.44. The summed E-state index contributed by atoms with van der Waals surface area (Å²) in [6.07, 6.45) is 0.912. The maximum absolute atomic E-state index is 12.5. The van der Waals surface area contributed by atoms with Crippen LogP contribution in [0.2, 0.25) is 0 Å². The maximum Gasteiger partial charge on any atom is 0.224 e. The largest absolute Gasteiger partial charge is 0.346 e. The van der Waals surface area contributed by atoms with Gasteiger partial charge in [-0.3, -0.25) is 4.79 Å². The Balaban J connectivity index is 1.43. The van der Waals surface area contributed by atoms with Gasteiger partial charge in [0, 0.05) is 10.4 Å². The van der Waals surface area contributed by atoms with Crippen molar-refractivity contribution < 1.29 is 4.79 Å². The van der Waals surface area contributed by atoms with Crippen molar-refractivity contribution >= 4 is 32.9 Å². The number of fused-ring (bicyclic) bond motifs is 1. The van der Waals surface area contributed by atoms with Crippen LogP contribution in [0.3, 0.4) is 0 Å². The minimum Gasteiger partial charge on any atom is -0.346 e. The number of nitrogens with one attached hydrogen (secondary N) is 2. The predicted molar refractivity (Wildman–Crippen MR) is 97.6 cm³/mol. The number of carbonyl (C=O) groups is 1. The zero-order valence-electron chi connectivity index (χ0n) is 13.3. The van der Waals surface area contributed by atoms with Gasteiger partial charge in [0.2, 0.25) is 5.91 Å². The third-order valence-corrected chi connectivity index (χ3v) is 5.07. The van der Waals surface area contributed by atoms with Gasteiger partial charge in [0.25, 0.3) is 0 Å². The molecule has 1 aliphatic carbocycles. The number of halogens is 1. The Morgan fingerprint density at radius 2 is 2.12 bits per heavy atom. The summed E-state index contributed by atoms with van der Waals surface area (Å²) in [5, 5.41) is 3.09.